The van der Waals surface area contributed by atoms with Crippen molar-refractivity contribution in [3.05, 3.63) is 83.6 Å². The molecule has 2 aromatic carbocycles. The Hall–Kier alpha value is -2.02. The maximum atomic E-state index is 3.65. The molecule has 1 fully saturated rings. The molecule has 0 saturated carbocycles. The lowest BCUT2D eigenvalue weighted by molar-refractivity contribution is 0.581. The van der Waals surface area contributed by atoms with E-state index in [2.05, 4.69) is 85.9 Å². The first kappa shape index (κ1) is 13.0. The zero-order valence-corrected chi connectivity index (χ0v) is 12.1. The Morgan fingerprint density at radius 2 is 1.45 bits per heavy atom. The number of allylic oxidation sites excluding steroid dienone is 2. The Bertz CT molecular complexity index is 559. The summed E-state index contributed by atoms with van der Waals surface area (Å²) < 4.78 is 0. The van der Waals surface area contributed by atoms with Crippen LogP contribution in [0, 0.1) is 0 Å². The van der Waals surface area contributed by atoms with Crippen LogP contribution in [0.4, 0.5) is 0 Å². The molecule has 0 aromatic heterocycles. The zero-order valence-electron chi connectivity index (χ0n) is 12.1. The lowest BCUT2D eigenvalue weighted by Gasteiger charge is -2.31. The number of benzene rings is 2. The van der Waals surface area contributed by atoms with E-state index in [1.54, 1.807) is 0 Å². The number of nitrogens with one attached hydrogen (secondary N) is 1. The summed E-state index contributed by atoms with van der Waals surface area (Å²) >= 11 is 0. The largest absolute Gasteiger partial charge is 0.385 e. The van der Waals surface area contributed by atoms with Gasteiger partial charge < -0.3 is 5.32 Å². The van der Waals surface area contributed by atoms with Crippen LogP contribution >= 0.6 is 0 Å². The lowest BCUT2D eigenvalue weighted by Crippen LogP contribution is -2.28. The molecule has 1 atom stereocenters. The molecule has 1 aliphatic heterocycles. The van der Waals surface area contributed by atoms with Crippen LogP contribution in [-0.2, 0) is 5.41 Å². The van der Waals surface area contributed by atoms with Crippen molar-refractivity contribution in [2.75, 3.05) is 0 Å². The first-order valence-electron chi connectivity index (χ1n) is 7.32. The van der Waals surface area contributed by atoms with E-state index in [4.69, 9.17) is 0 Å². The second-order valence-corrected chi connectivity index (χ2v) is 5.59. The van der Waals surface area contributed by atoms with Gasteiger partial charge in [-0.2, -0.15) is 0 Å². The highest BCUT2D eigenvalue weighted by Crippen LogP contribution is 2.45. The van der Waals surface area contributed by atoms with Gasteiger partial charge >= 0.3 is 0 Å². The van der Waals surface area contributed by atoms with Gasteiger partial charge in [0.1, 0.15) is 0 Å². The predicted octanol–water partition coefficient (Wildman–Crippen LogP) is 4.26. The fourth-order valence-corrected chi connectivity index (χ4v) is 3.50. The summed E-state index contributed by atoms with van der Waals surface area (Å²) in [5, 5.41) is 3.65. The Morgan fingerprint density at radius 3 is 1.90 bits per heavy atom. The van der Waals surface area contributed by atoms with Crippen molar-refractivity contribution in [3.8, 4) is 0 Å². The van der Waals surface area contributed by atoms with Gasteiger partial charge in [-0.05, 0) is 31.4 Å². The average molecular weight is 263 g/mol. The third-order valence-corrected chi connectivity index (χ3v) is 4.30. The summed E-state index contributed by atoms with van der Waals surface area (Å²) in [5.41, 5.74) is 4.03. The van der Waals surface area contributed by atoms with Gasteiger partial charge in [0.15, 0.2) is 0 Å². The SMILES string of the molecule is CC=C1NC(C)CC1(c1ccccc1)c1ccccc1. The van der Waals surface area contributed by atoms with Crippen LogP contribution in [0.2, 0.25) is 0 Å². The van der Waals surface area contributed by atoms with E-state index in [0.717, 1.165) is 6.42 Å². The molecule has 0 aliphatic carbocycles. The molecule has 0 radical (unpaired) electrons. The smallest absolute Gasteiger partial charge is 0.0614 e. The number of hydrogen-bond acceptors (Lipinski definition) is 1. The fraction of sp³-hybridized carbons (Fsp3) is 0.263. The van der Waals surface area contributed by atoms with Gasteiger partial charge in [0, 0.05) is 11.7 Å². The standard InChI is InChI=1S/C19H21N/c1-3-18-19(14-15(2)20-18,16-10-6-4-7-11-16)17-12-8-5-9-13-17/h3-13,15,20H,14H2,1-2H3. The van der Waals surface area contributed by atoms with Crippen molar-refractivity contribution in [1.29, 1.82) is 0 Å². The fourth-order valence-electron chi connectivity index (χ4n) is 3.50. The Labute approximate surface area is 121 Å². The topological polar surface area (TPSA) is 12.0 Å². The van der Waals surface area contributed by atoms with E-state index < -0.39 is 0 Å². The maximum Gasteiger partial charge on any atom is 0.0614 e. The van der Waals surface area contributed by atoms with Crippen molar-refractivity contribution in [3.63, 3.8) is 0 Å². The van der Waals surface area contributed by atoms with Crippen LogP contribution in [0.5, 0.6) is 0 Å². The van der Waals surface area contributed by atoms with E-state index >= 15 is 0 Å². The molecular weight excluding hydrogens is 242 g/mol. The second-order valence-electron chi connectivity index (χ2n) is 5.59. The molecule has 0 amide bonds. The van der Waals surface area contributed by atoms with Crippen LogP contribution in [-0.4, -0.2) is 6.04 Å². The highest BCUT2D eigenvalue weighted by Gasteiger charge is 2.44. The van der Waals surface area contributed by atoms with Crippen molar-refractivity contribution in [2.24, 2.45) is 0 Å². The third-order valence-electron chi connectivity index (χ3n) is 4.30. The van der Waals surface area contributed by atoms with Crippen LogP contribution < -0.4 is 5.32 Å². The molecule has 0 bridgehead atoms. The molecule has 102 valence electrons. The molecule has 1 nitrogen and oxygen atoms in total. The zero-order chi connectivity index (χ0) is 14.0. The molecule has 0 spiro atoms. The Balaban J connectivity index is 2.24. The first-order chi connectivity index (χ1) is 9.77. The normalized spacial score (nSPS) is 22.7. The molecule has 1 aliphatic rings. The molecular formula is C19H21N. The monoisotopic (exact) mass is 263 g/mol. The highest BCUT2D eigenvalue weighted by molar-refractivity contribution is 5.50. The van der Waals surface area contributed by atoms with Gasteiger partial charge in [-0.25, -0.2) is 0 Å². The van der Waals surface area contributed by atoms with Crippen LogP contribution in [0.3, 0.4) is 0 Å². The molecule has 1 heterocycles. The maximum absolute atomic E-state index is 3.65. The van der Waals surface area contributed by atoms with Crippen molar-refractivity contribution >= 4 is 0 Å². The molecule has 1 saturated heterocycles. The van der Waals surface area contributed by atoms with E-state index in [1.807, 2.05) is 0 Å². The van der Waals surface area contributed by atoms with E-state index in [9.17, 15) is 0 Å². The summed E-state index contributed by atoms with van der Waals surface area (Å²) in [6, 6.07) is 22.2. The number of hydrogen-bond donors (Lipinski definition) is 1. The summed E-state index contributed by atoms with van der Waals surface area (Å²) in [7, 11) is 0. The van der Waals surface area contributed by atoms with Crippen molar-refractivity contribution in [2.45, 2.75) is 31.7 Å². The van der Waals surface area contributed by atoms with E-state index in [1.165, 1.54) is 16.8 Å². The first-order valence-corrected chi connectivity index (χ1v) is 7.32. The predicted molar refractivity (Wildman–Crippen MR) is 84.6 cm³/mol. The lowest BCUT2D eigenvalue weighted by atomic mass is 9.71. The molecule has 1 unspecified atom stereocenters. The van der Waals surface area contributed by atoms with Gasteiger partial charge in [0.05, 0.1) is 5.41 Å². The van der Waals surface area contributed by atoms with E-state index in [-0.39, 0.29) is 5.41 Å². The number of rotatable bonds is 2. The third kappa shape index (κ3) is 1.94. The second kappa shape index (κ2) is 5.16. The summed E-state index contributed by atoms with van der Waals surface area (Å²) in [6.45, 7) is 4.39. The van der Waals surface area contributed by atoms with Crippen LogP contribution in [0.15, 0.2) is 72.4 Å². The van der Waals surface area contributed by atoms with Crippen molar-refractivity contribution < 1.29 is 0 Å². The minimum absolute atomic E-state index is 0.0311. The van der Waals surface area contributed by atoms with Crippen molar-refractivity contribution in [1.82, 2.24) is 5.32 Å². The molecule has 2 aromatic rings. The summed E-state index contributed by atoms with van der Waals surface area (Å²) in [5.74, 6) is 0. The Morgan fingerprint density at radius 1 is 0.950 bits per heavy atom. The minimum atomic E-state index is -0.0311. The molecule has 1 N–H and O–H groups in total. The molecule has 3 rings (SSSR count). The van der Waals surface area contributed by atoms with Gasteiger partial charge in [0.2, 0.25) is 0 Å². The van der Waals surface area contributed by atoms with Crippen LogP contribution in [0.25, 0.3) is 0 Å². The van der Waals surface area contributed by atoms with Gasteiger partial charge in [-0.1, -0.05) is 66.7 Å². The van der Waals surface area contributed by atoms with Gasteiger partial charge in [-0.3, -0.25) is 0 Å². The molecule has 20 heavy (non-hydrogen) atoms. The van der Waals surface area contributed by atoms with Gasteiger partial charge in [0.25, 0.3) is 0 Å². The summed E-state index contributed by atoms with van der Waals surface area (Å²) in [6.07, 6.45) is 3.32. The Kier molecular flexibility index (Phi) is 3.35. The van der Waals surface area contributed by atoms with Crippen LogP contribution in [0.1, 0.15) is 31.4 Å². The van der Waals surface area contributed by atoms with E-state index in [0.29, 0.717) is 6.04 Å². The summed E-state index contributed by atoms with van der Waals surface area (Å²) in [4.78, 5) is 0. The molecule has 1 heteroatoms. The van der Waals surface area contributed by atoms with Gasteiger partial charge in [-0.15, -0.1) is 0 Å². The minimum Gasteiger partial charge on any atom is -0.385 e. The average Bonchev–Trinajstić information content (AvgIpc) is 2.87. The quantitative estimate of drug-likeness (QED) is 0.853. The highest BCUT2D eigenvalue weighted by atomic mass is 15.0.